The number of rotatable bonds is 2. The Morgan fingerprint density at radius 3 is 2.45 bits per heavy atom. The van der Waals surface area contributed by atoms with E-state index in [1.165, 1.54) is 17.3 Å². The average molecular weight is 195 g/mol. The van der Waals surface area contributed by atoms with Crippen LogP contribution in [0.3, 0.4) is 0 Å². The van der Waals surface area contributed by atoms with Crippen molar-refractivity contribution in [1.29, 1.82) is 0 Å². The quantitative estimate of drug-likeness (QED) is 0.683. The molecule has 0 aliphatic carbocycles. The number of carbonyl (C=O) groups excluding carboxylic acids is 1. The van der Waals surface area contributed by atoms with Gasteiger partial charge in [-0.2, -0.15) is 0 Å². The second kappa shape index (κ2) is 3.54. The highest BCUT2D eigenvalue weighted by atomic mass is 35.5. The topological polar surface area (TPSA) is 59.8 Å². The lowest BCUT2D eigenvalue weighted by atomic mass is 10.7. The number of alkyl halides is 2. The molecule has 0 aliphatic heterocycles. The van der Waals surface area contributed by atoms with Gasteiger partial charge in [0, 0.05) is 0 Å². The number of halogens is 2. The maximum absolute atomic E-state index is 10.8. The molecule has 0 aromatic carbocycles. The lowest BCUT2D eigenvalue weighted by Gasteiger charge is -2.02. The Hall–Kier alpha value is -0.810. The zero-order valence-electron chi connectivity index (χ0n) is 5.24. The number of nitrogens with one attached hydrogen (secondary N) is 1. The number of amides is 1. The van der Waals surface area contributed by atoms with Crippen molar-refractivity contribution < 1.29 is 4.79 Å². The van der Waals surface area contributed by atoms with Gasteiger partial charge in [-0.1, -0.05) is 23.2 Å². The van der Waals surface area contributed by atoms with E-state index >= 15 is 0 Å². The maximum atomic E-state index is 10.8. The Kier molecular flexibility index (Phi) is 2.67. The van der Waals surface area contributed by atoms with Gasteiger partial charge in [0.05, 0.1) is 0 Å². The van der Waals surface area contributed by atoms with Gasteiger partial charge in [0.1, 0.15) is 12.7 Å². The fraction of sp³-hybridized carbons (Fsp3) is 0.250. The Bertz CT molecular complexity index is 234. The van der Waals surface area contributed by atoms with Crippen molar-refractivity contribution in [2.45, 2.75) is 4.84 Å². The molecule has 1 rings (SSSR count). The highest BCUT2D eigenvalue weighted by Gasteiger charge is 2.10. The van der Waals surface area contributed by atoms with Gasteiger partial charge in [-0.3, -0.25) is 10.2 Å². The van der Waals surface area contributed by atoms with Crippen LogP contribution < -0.4 is 5.43 Å². The second-order valence-electron chi connectivity index (χ2n) is 1.65. The summed E-state index contributed by atoms with van der Waals surface area (Å²) in [6.07, 6.45) is 2.63. The monoisotopic (exact) mass is 194 g/mol. The lowest BCUT2D eigenvalue weighted by Crippen LogP contribution is -2.26. The van der Waals surface area contributed by atoms with E-state index in [2.05, 4.69) is 15.6 Å². The molecule has 5 nitrogen and oxygen atoms in total. The molecular formula is C4H4Cl2N4O. The van der Waals surface area contributed by atoms with Crippen LogP contribution in [0.25, 0.3) is 0 Å². The van der Waals surface area contributed by atoms with E-state index in [9.17, 15) is 4.79 Å². The Morgan fingerprint density at radius 1 is 1.45 bits per heavy atom. The number of carbonyl (C=O) groups is 1. The summed E-state index contributed by atoms with van der Waals surface area (Å²) >= 11 is 10.5. The highest BCUT2D eigenvalue weighted by molar-refractivity contribution is 6.54. The number of aromatic nitrogens is 3. The summed E-state index contributed by atoms with van der Waals surface area (Å²) in [5.41, 5.74) is 2.31. The maximum Gasteiger partial charge on any atom is 0.272 e. The molecule has 0 unspecified atom stereocenters. The molecule has 0 radical (unpaired) electrons. The summed E-state index contributed by atoms with van der Waals surface area (Å²) in [5, 5.41) is 6.89. The zero-order valence-corrected chi connectivity index (χ0v) is 6.75. The first-order valence-corrected chi connectivity index (χ1v) is 3.51. The average Bonchev–Trinajstić information content (AvgIpc) is 2.39. The van der Waals surface area contributed by atoms with Crippen LogP contribution in [0.4, 0.5) is 0 Å². The lowest BCUT2D eigenvalue weighted by molar-refractivity contribution is -0.115. The van der Waals surface area contributed by atoms with Crippen LogP contribution in [-0.2, 0) is 4.79 Å². The van der Waals surface area contributed by atoms with Crippen LogP contribution in [-0.4, -0.2) is 25.6 Å². The van der Waals surface area contributed by atoms with E-state index in [0.29, 0.717) is 0 Å². The van der Waals surface area contributed by atoms with Crippen LogP contribution in [0.1, 0.15) is 0 Å². The van der Waals surface area contributed by atoms with Crippen molar-refractivity contribution in [2.24, 2.45) is 0 Å². The van der Waals surface area contributed by atoms with Crippen LogP contribution in [0.15, 0.2) is 12.7 Å². The number of hydrogen-bond donors (Lipinski definition) is 1. The van der Waals surface area contributed by atoms with Gasteiger partial charge in [-0.15, -0.1) is 10.2 Å². The van der Waals surface area contributed by atoms with E-state index in [0.717, 1.165) is 0 Å². The SMILES string of the molecule is O=C(Nn1cnnc1)C(Cl)Cl. The van der Waals surface area contributed by atoms with Crippen LogP contribution in [0.2, 0.25) is 0 Å². The molecule has 0 bridgehead atoms. The first kappa shape index (κ1) is 8.29. The molecule has 1 N–H and O–H groups in total. The van der Waals surface area contributed by atoms with E-state index in [4.69, 9.17) is 23.2 Å². The molecule has 0 fully saturated rings. The summed E-state index contributed by atoms with van der Waals surface area (Å²) in [5.74, 6) is -0.520. The normalized spacial score (nSPS) is 10.1. The van der Waals surface area contributed by atoms with Crippen molar-refractivity contribution in [2.75, 3.05) is 5.43 Å². The fourth-order valence-electron chi connectivity index (χ4n) is 0.434. The molecular weight excluding hydrogens is 191 g/mol. The van der Waals surface area contributed by atoms with Crippen molar-refractivity contribution in [1.82, 2.24) is 14.9 Å². The van der Waals surface area contributed by atoms with Crippen LogP contribution >= 0.6 is 23.2 Å². The Labute approximate surface area is 72.3 Å². The van der Waals surface area contributed by atoms with E-state index in [-0.39, 0.29) is 0 Å². The fourth-order valence-corrected chi connectivity index (χ4v) is 0.532. The molecule has 0 saturated carbocycles. The third-order valence-corrected chi connectivity index (χ3v) is 1.25. The van der Waals surface area contributed by atoms with E-state index in [1.807, 2.05) is 0 Å². The summed E-state index contributed by atoms with van der Waals surface area (Å²) in [7, 11) is 0. The molecule has 0 atom stereocenters. The third-order valence-electron chi connectivity index (χ3n) is 0.856. The van der Waals surface area contributed by atoms with Gasteiger partial charge < -0.3 is 0 Å². The van der Waals surface area contributed by atoms with Gasteiger partial charge in [-0.25, -0.2) is 4.68 Å². The summed E-state index contributed by atoms with van der Waals surface area (Å²) in [6.45, 7) is 0. The predicted molar refractivity (Wildman–Crippen MR) is 39.9 cm³/mol. The van der Waals surface area contributed by atoms with Gasteiger partial charge in [0.25, 0.3) is 5.91 Å². The third kappa shape index (κ3) is 2.36. The van der Waals surface area contributed by atoms with Crippen molar-refractivity contribution in [3.63, 3.8) is 0 Å². The highest BCUT2D eigenvalue weighted by Crippen LogP contribution is 2.00. The largest absolute Gasteiger partial charge is 0.272 e. The summed E-state index contributed by atoms with van der Waals surface area (Å²) in [4.78, 5) is 9.67. The molecule has 1 aromatic rings. The van der Waals surface area contributed by atoms with E-state index < -0.39 is 10.7 Å². The minimum Gasteiger partial charge on any atom is -0.270 e. The molecule has 0 spiro atoms. The van der Waals surface area contributed by atoms with E-state index in [1.54, 1.807) is 0 Å². The van der Waals surface area contributed by atoms with Gasteiger partial charge in [0.15, 0.2) is 4.84 Å². The molecule has 0 saturated heterocycles. The molecule has 7 heteroatoms. The smallest absolute Gasteiger partial charge is 0.270 e. The molecule has 11 heavy (non-hydrogen) atoms. The summed E-state index contributed by atoms with van der Waals surface area (Å²) < 4.78 is 1.25. The van der Waals surface area contributed by atoms with Gasteiger partial charge >= 0.3 is 0 Å². The van der Waals surface area contributed by atoms with Crippen molar-refractivity contribution >= 4 is 29.1 Å². The number of nitrogens with zero attached hydrogens (tertiary/aromatic N) is 3. The van der Waals surface area contributed by atoms with Crippen LogP contribution in [0, 0.1) is 0 Å². The second-order valence-corrected chi connectivity index (χ2v) is 2.74. The minimum atomic E-state index is -1.09. The Morgan fingerprint density at radius 2 is 2.00 bits per heavy atom. The molecule has 60 valence electrons. The van der Waals surface area contributed by atoms with Crippen molar-refractivity contribution in [3.05, 3.63) is 12.7 Å². The molecule has 1 heterocycles. The molecule has 1 amide bonds. The van der Waals surface area contributed by atoms with Crippen LogP contribution in [0.5, 0.6) is 0 Å². The zero-order chi connectivity index (χ0) is 8.27. The molecule has 0 aliphatic rings. The number of hydrogen-bond acceptors (Lipinski definition) is 3. The first-order chi connectivity index (χ1) is 5.20. The summed E-state index contributed by atoms with van der Waals surface area (Å²) in [6, 6.07) is 0. The van der Waals surface area contributed by atoms with Gasteiger partial charge in [-0.05, 0) is 0 Å². The molecule has 1 aromatic heterocycles. The van der Waals surface area contributed by atoms with Gasteiger partial charge in [0.2, 0.25) is 0 Å². The Balaban J connectivity index is 2.50. The minimum absolute atomic E-state index is 0.520. The predicted octanol–water partition coefficient (Wildman–Crippen LogP) is 0.152. The van der Waals surface area contributed by atoms with Crippen molar-refractivity contribution in [3.8, 4) is 0 Å². The standard InChI is InChI=1S/C4H4Cl2N4O/c5-3(6)4(11)9-10-1-7-8-2-10/h1-3H,(H,9,11). The first-order valence-electron chi connectivity index (χ1n) is 2.64.